The Morgan fingerprint density at radius 1 is 1.15 bits per heavy atom. The van der Waals surface area contributed by atoms with E-state index in [1.165, 1.54) is 16.4 Å². The minimum Gasteiger partial charge on any atom is -0.379 e. The number of carbonyl (C=O) groups is 1. The third kappa shape index (κ3) is 4.76. The molecule has 0 N–H and O–H groups in total. The van der Waals surface area contributed by atoms with Crippen molar-refractivity contribution in [3.8, 4) is 0 Å². The quantitative estimate of drug-likeness (QED) is 0.699. The van der Waals surface area contributed by atoms with Crippen molar-refractivity contribution in [2.45, 2.75) is 11.4 Å². The van der Waals surface area contributed by atoms with E-state index in [1.807, 2.05) is 24.3 Å². The molecule has 0 atom stereocenters. The summed E-state index contributed by atoms with van der Waals surface area (Å²) in [5, 5.41) is 0. The van der Waals surface area contributed by atoms with Gasteiger partial charge in [0.1, 0.15) is 0 Å². The number of ether oxygens (including phenoxy) is 1. The lowest BCUT2D eigenvalue weighted by atomic mass is 10.1. The first-order valence-electron chi connectivity index (χ1n) is 8.56. The summed E-state index contributed by atoms with van der Waals surface area (Å²) in [7, 11) is -1.93. The van der Waals surface area contributed by atoms with Gasteiger partial charge in [0.2, 0.25) is 10.0 Å². The Kier molecular flexibility index (Phi) is 6.31. The highest BCUT2D eigenvalue weighted by Gasteiger charge is 2.27. The van der Waals surface area contributed by atoms with Gasteiger partial charge in [-0.25, -0.2) is 8.42 Å². The molecular formula is C19H21BrN2O4S. The monoisotopic (exact) mass is 452 g/mol. The maximum atomic E-state index is 12.8. The molecule has 3 rings (SSSR count). The third-order valence-corrected chi connectivity index (χ3v) is 6.79. The lowest BCUT2D eigenvalue weighted by Gasteiger charge is -2.26. The van der Waals surface area contributed by atoms with Crippen LogP contribution in [0.15, 0.2) is 57.9 Å². The standard InChI is InChI=1S/C19H21BrN2O4S/c1-21(14-15-5-7-17(20)8-6-15)19(23)16-3-2-4-18(13-16)27(24,25)22-9-11-26-12-10-22/h2-8,13H,9-12,14H2,1H3. The van der Waals surface area contributed by atoms with E-state index in [1.54, 1.807) is 24.1 Å². The first kappa shape index (κ1) is 20.0. The van der Waals surface area contributed by atoms with Crippen LogP contribution in [0.4, 0.5) is 0 Å². The maximum absolute atomic E-state index is 12.8. The molecule has 8 heteroatoms. The van der Waals surface area contributed by atoms with Crippen molar-refractivity contribution in [3.05, 3.63) is 64.1 Å². The van der Waals surface area contributed by atoms with Gasteiger partial charge in [-0.3, -0.25) is 4.79 Å². The van der Waals surface area contributed by atoms with Gasteiger partial charge in [0.15, 0.2) is 0 Å². The molecule has 2 aromatic carbocycles. The van der Waals surface area contributed by atoms with E-state index < -0.39 is 10.0 Å². The molecule has 27 heavy (non-hydrogen) atoms. The average Bonchev–Trinajstić information content (AvgIpc) is 2.70. The molecule has 0 aromatic heterocycles. The normalized spacial score (nSPS) is 15.5. The number of rotatable bonds is 5. The Balaban J connectivity index is 1.77. The van der Waals surface area contributed by atoms with Gasteiger partial charge in [0, 0.05) is 36.7 Å². The number of hydrogen-bond acceptors (Lipinski definition) is 4. The minimum absolute atomic E-state index is 0.132. The Morgan fingerprint density at radius 2 is 1.81 bits per heavy atom. The van der Waals surface area contributed by atoms with Crippen LogP contribution in [0.1, 0.15) is 15.9 Å². The molecule has 1 aliphatic rings. The molecule has 2 aromatic rings. The van der Waals surface area contributed by atoms with Crippen molar-refractivity contribution in [1.82, 2.24) is 9.21 Å². The number of halogens is 1. The summed E-state index contributed by atoms with van der Waals surface area (Å²) in [5.41, 5.74) is 1.34. The van der Waals surface area contributed by atoms with Crippen molar-refractivity contribution >= 4 is 31.9 Å². The smallest absolute Gasteiger partial charge is 0.253 e. The van der Waals surface area contributed by atoms with Gasteiger partial charge in [-0.15, -0.1) is 0 Å². The zero-order valence-corrected chi connectivity index (χ0v) is 17.4. The van der Waals surface area contributed by atoms with E-state index in [2.05, 4.69) is 15.9 Å². The molecule has 1 saturated heterocycles. The van der Waals surface area contributed by atoms with Crippen LogP contribution >= 0.6 is 15.9 Å². The summed E-state index contributed by atoms with van der Waals surface area (Å²) in [4.78, 5) is 14.5. The van der Waals surface area contributed by atoms with Gasteiger partial charge in [-0.1, -0.05) is 34.1 Å². The number of carbonyl (C=O) groups excluding carboxylic acids is 1. The van der Waals surface area contributed by atoms with Crippen LogP contribution in [0.2, 0.25) is 0 Å². The molecule has 1 heterocycles. The molecule has 0 spiro atoms. The van der Waals surface area contributed by atoms with E-state index in [0.717, 1.165) is 10.0 Å². The number of morpholine rings is 1. The van der Waals surface area contributed by atoms with Crippen LogP contribution in [-0.4, -0.2) is 56.9 Å². The summed E-state index contributed by atoms with van der Waals surface area (Å²) >= 11 is 3.39. The first-order valence-corrected chi connectivity index (χ1v) is 10.8. The third-order valence-electron chi connectivity index (χ3n) is 4.37. The molecule has 1 fully saturated rings. The summed E-state index contributed by atoms with van der Waals surface area (Å²) in [6, 6.07) is 13.9. The van der Waals surface area contributed by atoms with Crippen molar-refractivity contribution in [2.24, 2.45) is 0 Å². The fourth-order valence-corrected chi connectivity index (χ4v) is 4.60. The summed E-state index contributed by atoms with van der Waals surface area (Å²) in [5.74, 6) is -0.225. The molecular weight excluding hydrogens is 432 g/mol. The lowest BCUT2D eigenvalue weighted by Crippen LogP contribution is -2.40. The van der Waals surface area contributed by atoms with Crippen LogP contribution in [0.3, 0.4) is 0 Å². The molecule has 0 bridgehead atoms. The topological polar surface area (TPSA) is 66.9 Å². The molecule has 144 valence electrons. The average molecular weight is 453 g/mol. The van der Waals surface area contributed by atoms with Crippen LogP contribution in [-0.2, 0) is 21.3 Å². The predicted octanol–water partition coefficient (Wildman–Crippen LogP) is 2.74. The number of amides is 1. The maximum Gasteiger partial charge on any atom is 0.253 e. The second-order valence-electron chi connectivity index (χ2n) is 6.33. The highest BCUT2D eigenvalue weighted by molar-refractivity contribution is 9.10. The van der Waals surface area contributed by atoms with E-state index in [4.69, 9.17) is 4.74 Å². The number of sulfonamides is 1. The summed E-state index contributed by atoms with van der Waals surface area (Å²) in [6.45, 7) is 1.85. The van der Waals surface area contributed by atoms with E-state index in [9.17, 15) is 13.2 Å². The van der Waals surface area contributed by atoms with Crippen LogP contribution < -0.4 is 0 Å². The van der Waals surface area contributed by atoms with Crippen LogP contribution in [0.25, 0.3) is 0 Å². The van der Waals surface area contributed by atoms with Crippen LogP contribution in [0.5, 0.6) is 0 Å². The molecule has 1 amide bonds. The molecule has 6 nitrogen and oxygen atoms in total. The van der Waals surface area contributed by atoms with Gasteiger partial charge in [-0.05, 0) is 35.9 Å². The number of hydrogen-bond donors (Lipinski definition) is 0. The summed E-state index contributed by atoms with van der Waals surface area (Å²) < 4.78 is 33.2. The SMILES string of the molecule is CN(Cc1ccc(Br)cc1)C(=O)c1cccc(S(=O)(=O)N2CCOCC2)c1. The molecule has 0 aliphatic carbocycles. The zero-order valence-electron chi connectivity index (χ0n) is 15.0. The second-order valence-corrected chi connectivity index (χ2v) is 9.19. The zero-order chi connectivity index (χ0) is 19.4. The fraction of sp³-hybridized carbons (Fsp3) is 0.316. The molecule has 0 saturated carbocycles. The van der Waals surface area contributed by atoms with Crippen molar-refractivity contribution < 1.29 is 17.9 Å². The second kappa shape index (κ2) is 8.52. The fourth-order valence-electron chi connectivity index (χ4n) is 2.88. The first-order chi connectivity index (χ1) is 12.9. The Morgan fingerprint density at radius 3 is 2.48 bits per heavy atom. The van der Waals surface area contributed by atoms with Crippen LogP contribution in [0, 0.1) is 0 Å². The highest BCUT2D eigenvalue weighted by Crippen LogP contribution is 2.20. The van der Waals surface area contributed by atoms with Gasteiger partial charge in [-0.2, -0.15) is 4.31 Å². The van der Waals surface area contributed by atoms with Gasteiger partial charge in [0.05, 0.1) is 18.1 Å². The van der Waals surface area contributed by atoms with Gasteiger partial charge >= 0.3 is 0 Å². The highest BCUT2D eigenvalue weighted by atomic mass is 79.9. The predicted molar refractivity (Wildman–Crippen MR) is 106 cm³/mol. The van der Waals surface area contributed by atoms with Crippen molar-refractivity contribution in [3.63, 3.8) is 0 Å². The van der Waals surface area contributed by atoms with Crippen molar-refractivity contribution in [2.75, 3.05) is 33.4 Å². The molecule has 1 aliphatic heterocycles. The Hall–Kier alpha value is -1.74. The van der Waals surface area contributed by atoms with E-state index >= 15 is 0 Å². The Labute approximate surface area is 167 Å². The lowest BCUT2D eigenvalue weighted by molar-refractivity contribution is 0.0730. The van der Waals surface area contributed by atoms with E-state index in [0.29, 0.717) is 38.4 Å². The molecule has 0 radical (unpaired) electrons. The number of benzene rings is 2. The van der Waals surface area contributed by atoms with Gasteiger partial charge in [0.25, 0.3) is 5.91 Å². The minimum atomic E-state index is -3.63. The van der Waals surface area contributed by atoms with Crippen molar-refractivity contribution in [1.29, 1.82) is 0 Å². The number of nitrogens with zero attached hydrogens (tertiary/aromatic N) is 2. The van der Waals surface area contributed by atoms with E-state index in [-0.39, 0.29) is 10.8 Å². The largest absolute Gasteiger partial charge is 0.379 e. The Bertz CT molecular complexity index is 910. The molecule has 0 unspecified atom stereocenters. The summed E-state index contributed by atoms with van der Waals surface area (Å²) in [6.07, 6.45) is 0. The van der Waals surface area contributed by atoms with Gasteiger partial charge < -0.3 is 9.64 Å².